The molecule has 2 amide bonds. The smallest absolute Gasteiger partial charge is 0.233 e. The third-order valence-electron chi connectivity index (χ3n) is 3.07. The molecular weight excluding hydrogens is 306 g/mol. The molecule has 0 bridgehead atoms. The number of nitriles is 1. The molecule has 0 radical (unpaired) electrons. The molecule has 6 heteroatoms. The second-order valence-corrected chi connectivity index (χ2v) is 4.92. The molecule has 0 aromatic heterocycles. The lowest BCUT2D eigenvalue weighted by molar-refractivity contribution is -0.123. The molecule has 0 fully saturated rings. The summed E-state index contributed by atoms with van der Waals surface area (Å²) in [4.78, 5) is 23.7. The number of rotatable bonds is 6. The fraction of sp³-hybridized carbons (Fsp3) is 0.167. The monoisotopic (exact) mass is 323 g/mol. The summed E-state index contributed by atoms with van der Waals surface area (Å²) in [7, 11) is 0. The molecule has 0 saturated heterocycles. The Bertz CT molecular complexity index is 747. The molecule has 0 saturated carbocycles. The van der Waals surface area contributed by atoms with Crippen LogP contribution in [-0.2, 0) is 9.59 Å². The van der Waals surface area contributed by atoms with Gasteiger partial charge in [0.15, 0.2) is 0 Å². The van der Waals surface area contributed by atoms with E-state index in [1.165, 1.54) is 0 Å². The van der Waals surface area contributed by atoms with Crippen molar-refractivity contribution in [2.75, 3.05) is 17.2 Å². The number of nitrogens with zero attached hydrogens (tertiary/aromatic N) is 1. The Kier molecular flexibility index (Phi) is 5.92. The summed E-state index contributed by atoms with van der Waals surface area (Å²) in [6.07, 6.45) is -0.298. The van der Waals surface area contributed by atoms with E-state index in [0.29, 0.717) is 29.3 Å². The van der Waals surface area contributed by atoms with Crippen molar-refractivity contribution < 1.29 is 14.3 Å². The summed E-state index contributed by atoms with van der Waals surface area (Å²) >= 11 is 0. The lowest BCUT2D eigenvalue weighted by atomic mass is 10.2. The van der Waals surface area contributed by atoms with E-state index in [1.807, 2.05) is 13.0 Å². The van der Waals surface area contributed by atoms with Crippen molar-refractivity contribution in [3.8, 4) is 11.8 Å². The first-order valence-corrected chi connectivity index (χ1v) is 7.43. The average molecular weight is 323 g/mol. The number of benzene rings is 2. The van der Waals surface area contributed by atoms with Crippen LogP contribution in [0.25, 0.3) is 0 Å². The summed E-state index contributed by atoms with van der Waals surface area (Å²) in [5.41, 5.74) is 1.63. The Balaban J connectivity index is 1.84. The van der Waals surface area contributed by atoms with Crippen molar-refractivity contribution in [3.05, 3.63) is 54.1 Å². The van der Waals surface area contributed by atoms with E-state index in [4.69, 9.17) is 10.00 Å². The minimum absolute atomic E-state index is 0.298. The summed E-state index contributed by atoms with van der Waals surface area (Å²) in [6.45, 7) is 2.46. The van der Waals surface area contributed by atoms with E-state index < -0.39 is 11.8 Å². The maximum atomic E-state index is 11.9. The normalized spacial score (nSPS) is 9.67. The van der Waals surface area contributed by atoms with Gasteiger partial charge in [-0.05, 0) is 55.5 Å². The number of anilines is 2. The van der Waals surface area contributed by atoms with Gasteiger partial charge in [0.1, 0.15) is 12.2 Å². The zero-order chi connectivity index (χ0) is 17.4. The van der Waals surface area contributed by atoms with Crippen LogP contribution in [0, 0.1) is 11.3 Å². The Morgan fingerprint density at radius 1 is 0.958 bits per heavy atom. The predicted molar refractivity (Wildman–Crippen MR) is 90.6 cm³/mol. The van der Waals surface area contributed by atoms with E-state index in [9.17, 15) is 9.59 Å². The first-order valence-electron chi connectivity index (χ1n) is 7.43. The maximum absolute atomic E-state index is 11.9. The third kappa shape index (κ3) is 5.14. The topological polar surface area (TPSA) is 91.2 Å². The van der Waals surface area contributed by atoms with Crippen molar-refractivity contribution in [3.63, 3.8) is 0 Å². The summed E-state index contributed by atoms with van der Waals surface area (Å²) in [5.74, 6) is -0.123. The van der Waals surface area contributed by atoms with E-state index in [1.54, 1.807) is 48.5 Å². The van der Waals surface area contributed by atoms with Gasteiger partial charge in [0.2, 0.25) is 11.8 Å². The van der Waals surface area contributed by atoms with Gasteiger partial charge in [0.05, 0.1) is 18.2 Å². The van der Waals surface area contributed by atoms with Gasteiger partial charge in [-0.2, -0.15) is 5.26 Å². The number of amides is 2. The van der Waals surface area contributed by atoms with Gasteiger partial charge in [0.25, 0.3) is 0 Å². The largest absolute Gasteiger partial charge is 0.494 e. The molecular formula is C18H17N3O3. The Labute approximate surface area is 140 Å². The zero-order valence-electron chi connectivity index (χ0n) is 13.2. The van der Waals surface area contributed by atoms with Crippen molar-refractivity contribution in [1.29, 1.82) is 5.26 Å². The van der Waals surface area contributed by atoms with Crippen LogP contribution >= 0.6 is 0 Å². The van der Waals surface area contributed by atoms with Crippen LogP contribution in [0.1, 0.15) is 18.9 Å². The summed E-state index contributed by atoms with van der Waals surface area (Å²) in [5, 5.41) is 14.0. The number of ether oxygens (including phenoxy) is 1. The molecule has 0 heterocycles. The van der Waals surface area contributed by atoms with Gasteiger partial charge in [-0.25, -0.2) is 0 Å². The Morgan fingerprint density at radius 2 is 1.46 bits per heavy atom. The third-order valence-corrected chi connectivity index (χ3v) is 3.07. The van der Waals surface area contributed by atoms with Gasteiger partial charge >= 0.3 is 0 Å². The molecule has 2 N–H and O–H groups in total. The van der Waals surface area contributed by atoms with Crippen LogP contribution in [0.5, 0.6) is 5.75 Å². The zero-order valence-corrected chi connectivity index (χ0v) is 13.2. The highest BCUT2D eigenvalue weighted by Crippen LogP contribution is 2.16. The quantitative estimate of drug-likeness (QED) is 0.800. The van der Waals surface area contributed by atoms with Crippen molar-refractivity contribution in [2.45, 2.75) is 13.3 Å². The fourth-order valence-corrected chi connectivity index (χ4v) is 1.99. The van der Waals surface area contributed by atoms with Crippen molar-refractivity contribution in [1.82, 2.24) is 0 Å². The lowest BCUT2D eigenvalue weighted by Gasteiger charge is -2.08. The molecule has 2 rings (SSSR count). The number of hydrogen-bond acceptors (Lipinski definition) is 4. The van der Waals surface area contributed by atoms with E-state index in [-0.39, 0.29) is 6.42 Å². The molecule has 2 aromatic carbocycles. The van der Waals surface area contributed by atoms with Crippen molar-refractivity contribution >= 4 is 23.2 Å². The molecule has 2 aromatic rings. The van der Waals surface area contributed by atoms with Crippen molar-refractivity contribution in [2.24, 2.45) is 0 Å². The molecule has 122 valence electrons. The van der Waals surface area contributed by atoms with Crippen LogP contribution in [0.3, 0.4) is 0 Å². The predicted octanol–water partition coefficient (Wildman–Crippen LogP) is 2.92. The van der Waals surface area contributed by atoms with Crippen LogP contribution in [0.4, 0.5) is 11.4 Å². The summed E-state index contributed by atoms with van der Waals surface area (Å²) in [6, 6.07) is 15.3. The van der Waals surface area contributed by atoms with Gasteiger partial charge < -0.3 is 15.4 Å². The second kappa shape index (κ2) is 8.34. The number of hydrogen-bond donors (Lipinski definition) is 2. The molecule has 0 aliphatic heterocycles. The highest BCUT2D eigenvalue weighted by atomic mass is 16.5. The Morgan fingerprint density at radius 3 is 1.92 bits per heavy atom. The van der Waals surface area contributed by atoms with Gasteiger partial charge in [-0.1, -0.05) is 0 Å². The number of nitrogens with one attached hydrogen (secondary N) is 2. The molecule has 6 nitrogen and oxygen atoms in total. The van der Waals surface area contributed by atoms with E-state index >= 15 is 0 Å². The molecule has 0 unspecified atom stereocenters. The SMILES string of the molecule is CCOc1ccc(NC(=O)CC(=O)Nc2ccc(C#N)cc2)cc1. The van der Waals surface area contributed by atoms with Crippen LogP contribution in [0.15, 0.2) is 48.5 Å². The fourth-order valence-electron chi connectivity index (χ4n) is 1.99. The molecule has 0 atom stereocenters. The van der Waals surface area contributed by atoms with E-state index in [2.05, 4.69) is 10.6 Å². The minimum atomic E-state index is -0.428. The first-order chi connectivity index (χ1) is 11.6. The number of carbonyl (C=O) groups is 2. The highest BCUT2D eigenvalue weighted by Gasteiger charge is 2.10. The first kappa shape index (κ1) is 17.0. The van der Waals surface area contributed by atoms with Gasteiger partial charge in [0, 0.05) is 11.4 Å². The lowest BCUT2D eigenvalue weighted by Crippen LogP contribution is -2.21. The van der Waals surface area contributed by atoms with Gasteiger partial charge in [-0.15, -0.1) is 0 Å². The van der Waals surface area contributed by atoms with Crippen LogP contribution in [0.2, 0.25) is 0 Å². The molecule has 0 spiro atoms. The average Bonchev–Trinajstić information content (AvgIpc) is 2.57. The van der Waals surface area contributed by atoms with Crippen LogP contribution in [-0.4, -0.2) is 18.4 Å². The second-order valence-electron chi connectivity index (χ2n) is 4.92. The highest BCUT2D eigenvalue weighted by molar-refractivity contribution is 6.08. The Hall–Kier alpha value is -3.33. The van der Waals surface area contributed by atoms with Crippen LogP contribution < -0.4 is 15.4 Å². The standard InChI is InChI=1S/C18H17N3O3/c1-2-24-16-9-7-15(8-10-16)21-18(23)11-17(22)20-14-5-3-13(12-19)4-6-14/h3-10H,2,11H2,1H3,(H,20,22)(H,21,23). The molecule has 0 aliphatic carbocycles. The maximum Gasteiger partial charge on any atom is 0.233 e. The molecule has 0 aliphatic rings. The number of carbonyl (C=O) groups excluding carboxylic acids is 2. The minimum Gasteiger partial charge on any atom is -0.494 e. The van der Waals surface area contributed by atoms with Gasteiger partial charge in [-0.3, -0.25) is 9.59 Å². The molecule has 24 heavy (non-hydrogen) atoms. The van der Waals surface area contributed by atoms with E-state index in [0.717, 1.165) is 0 Å². The summed E-state index contributed by atoms with van der Waals surface area (Å²) < 4.78 is 5.32.